The van der Waals surface area contributed by atoms with E-state index >= 15 is 0 Å². The molecule has 0 spiro atoms. The molecule has 0 aliphatic carbocycles. The Balaban J connectivity index is 1.80. The highest BCUT2D eigenvalue weighted by atomic mass is 32.1. The molecule has 0 saturated heterocycles. The second-order valence-corrected chi connectivity index (χ2v) is 4.99. The molecule has 2 aromatic rings. The van der Waals surface area contributed by atoms with Gasteiger partial charge in [0.25, 0.3) is 5.91 Å². The predicted molar refractivity (Wildman–Crippen MR) is 87.6 cm³/mol. The van der Waals surface area contributed by atoms with Gasteiger partial charge < -0.3 is 5.32 Å². The fraction of sp³-hybridized carbons (Fsp3) is 0.0625. The van der Waals surface area contributed by atoms with Crippen molar-refractivity contribution in [3.05, 3.63) is 71.0 Å². The van der Waals surface area contributed by atoms with Crippen LogP contribution in [0, 0.1) is 17.1 Å². The van der Waals surface area contributed by atoms with E-state index in [1.807, 2.05) is 6.07 Å². The number of carbonyl (C=O) groups is 1. The number of benzene rings is 2. The summed E-state index contributed by atoms with van der Waals surface area (Å²) in [7, 11) is 0. The first-order valence-electron chi connectivity index (χ1n) is 6.67. The molecule has 0 fully saturated rings. The van der Waals surface area contributed by atoms with Crippen LogP contribution >= 0.6 is 12.2 Å². The lowest BCUT2D eigenvalue weighted by Gasteiger charge is -2.11. The molecule has 5 nitrogen and oxygen atoms in total. The lowest BCUT2D eigenvalue weighted by Crippen LogP contribution is -2.46. The van der Waals surface area contributed by atoms with Gasteiger partial charge in [0.05, 0.1) is 11.6 Å². The van der Waals surface area contributed by atoms with E-state index in [-0.39, 0.29) is 10.9 Å². The summed E-state index contributed by atoms with van der Waals surface area (Å²) in [6, 6.07) is 14.3. The monoisotopic (exact) mass is 328 g/mol. The largest absolute Gasteiger partial charge is 0.357 e. The quantitative estimate of drug-likeness (QED) is 0.593. The summed E-state index contributed by atoms with van der Waals surface area (Å²) in [5.74, 6) is -0.714. The van der Waals surface area contributed by atoms with E-state index in [2.05, 4.69) is 16.2 Å². The number of halogens is 1. The number of nitrogens with one attached hydrogen (secondary N) is 3. The lowest BCUT2D eigenvalue weighted by molar-refractivity contribution is 0.0943. The molecule has 116 valence electrons. The maximum Gasteiger partial charge on any atom is 0.269 e. The van der Waals surface area contributed by atoms with E-state index in [4.69, 9.17) is 17.5 Å². The van der Waals surface area contributed by atoms with Gasteiger partial charge >= 0.3 is 0 Å². The maximum atomic E-state index is 12.8. The average molecular weight is 328 g/mol. The molecule has 0 heterocycles. The summed E-state index contributed by atoms with van der Waals surface area (Å²) in [5, 5.41) is 11.9. The average Bonchev–Trinajstić information content (AvgIpc) is 2.59. The molecule has 0 saturated carbocycles. The zero-order chi connectivity index (χ0) is 16.7. The molecule has 2 aromatic carbocycles. The van der Waals surface area contributed by atoms with Crippen LogP contribution in [0.5, 0.6) is 0 Å². The van der Waals surface area contributed by atoms with Gasteiger partial charge in [-0.2, -0.15) is 5.26 Å². The van der Waals surface area contributed by atoms with Crippen molar-refractivity contribution in [1.29, 1.82) is 5.26 Å². The lowest BCUT2D eigenvalue weighted by atomic mass is 10.1. The number of carbonyl (C=O) groups excluding carboxylic acids is 1. The Morgan fingerprint density at radius 1 is 1.17 bits per heavy atom. The number of rotatable bonds is 3. The minimum absolute atomic E-state index is 0.221. The van der Waals surface area contributed by atoms with Crippen LogP contribution in [0.2, 0.25) is 0 Å². The Bertz CT molecular complexity index is 755. The summed E-state index contributed by atoms with van der Waals surface area (Å²) < 4.78 is 12.8. The van der Waals surface area contributed by atoms with Gasteiger partial charge in [-0.15, -0.1) is 0 Å². The van der Waals surface area contributed by atoms with Crippen molar-refractivity contribution in [1.82, 2.24) is 16.2 Å². The zero-order valence-corrected chi connectivity index (χ0v) is 12.8. The third-order valence-corrected chi connectivity index (χ3v) is 3.16. The summed E-state index contributed by atoms with van der Waals surface area (Å²) in [6.07, 6.45) is 0. The van der Waals surface area contributed by atoms with Crippen LogP contribution < -0.4 is 16.2 Å². The fourth-order valence-electron chi connectivity index (χ4n) is 1.74. The number of hydrogen-bond acceptors (Lipinski definition) is 3. The van der Waals surface area contributed by atoms with Gasteiger partial charge in [-0.1, -0.05) is 18.2 Å². The molecular formula is C16H13FN4OS. The predicted octanol–water partition coefficient (Wildman–Crippen LogP) is 2.01. The minimum atomic E-state index is -0.409. The topological polar surface area (TPSA) is 77.0 Å². The summed E-state index contributed by atoms with van der Waals surface area (Å²) in [5.41, 5.74) is 6.59. The van der Waals surface area contributed by atoms with Crippen LogP contribution in [0.1, 0.15) is 21.5 Å². The molecular weight excluding hydrogens is 315 g/mol. The van der Waals surface area contributed by atoms with Gasteiger partial charge in [0.1, 0.15) is 5.82 Å². The Morgan fingerprint density at radius 3 is 2.61 bits per heavy atom. The van der Waals surface area contributed by atoms with Gasteiger partial charge in [0.15, 0.2) is 5.11 Å². The number of thiocarbonyl (C=S) groups is 1. The first-order chi connectivity index (χ1) is 11.1. The molecule has 7 heteroatoms. The van der Waals surface area contributed by atoms with Crippen LogP contribution in [0.25, 0.3) is 0 Å². The molecule has 23 heavy (non-hydrogen) atoms. The van der Waals surface area contributed by atoms with E-state index in [9.17, 15) is 9.18 Å². The summed E-state index contributed by atoms with van der Waals surface area (Å²) >= 11 is 5.03. The second kappa shape index (κ2) is 7.87. The Hall–Kier alpha value is -2.98. The van der Waals surface area contributed by atoms with Crippen molar-refractivity contribution < 1.29 is 9.18 Å². The van der Waals surface area contributed by atoms with Gasteiger partial charge in [-0.05, 0) is 48.1 Å². The molecule has 3 N–H and O–H groups in total. The van der Waals surface area contributed by atoms with Gasteiger partial charge in [0, 0.05) is 12.1 Å². The molecule has 1 amide bonds. The highest BCUT2D eigenvalue weighted by Gasteiger charge is 2.06. The molecule has 0 aromatic heterocycles. The van der Waals surface area contributed by atoms with E-state index in [0.717, 1.165) is 5.56 Å². The van der Waals surface area contributed by atoms with Gasteiger partial charge in [-0.3, -0.25) is 15.6 Å². The molecule has 2 rings (SSSR count). The zero-order valence-electron chi connectivity index (χ0n) is 12.0. The van der Waals surface area contributed by atoms with Crippen LogP contribution in [0.4, 0.5) is 4.39 Å². The van der Waals surface area contributed by atoms with Gasteiger partial charge in [0.2, 0.25) is 0 Å². The van der Waals surface area contributed by atoms with E-state index in [1.165, 1.54) is 18.2 Å². The van der Waals surface area contributed by atoms with Gasteiger partial charge in [-0.25, -0.2) is 4.39 Å². The van der Waals surface area contributed by atoms with Crippen LogP contribution in [-0.4, -0.2) is 11.0 Å². The highest BCUT2D eigenvalue weighted by Crippen LogP contribution is 2.03. The molecule has 0 unspecified atom stereocenters. The van der Waals surface area contributed by atoms with Crippen LogP contribution in [-0.2, 0) is 6.54 Å². The number of nitrogens with zero attached hydrogens (tertiary/aromatic N) is 1. The summed E-state index contributed by atoms with van der Waals surface area (Å²) in [6.45, 7) is 0.395. The minimum Gasteiger partial charge on any atom is -0.357 e. The van der Waals surface area contributed by atoms with Crippen molar-refractivity contribution in [3.8, 4) is 6.07 Å². The molecule has 0 radical (unpaired) electrons. The van der Waals surface area contributed by atoms with Crippen LogP contribution in [0.3, 0.4) is 0 Å². The second-order valence-electron chi connectivity index (χ2n) is 4.58. The van der Waals surface area contributed by atoms with E-state index < -0.39 is 5.91 Å². The van der Waals surface area contributed by atoms with Crippen molar-refractivity contribution in [3.63, 3.8) is 0 Å². The Labute approximate surface area is 138 Å². The van der Waals surface area contributed by atoms with E-state index in [0.29, 0.717) is 17.7 Å². The smallest absolute Gasteiger partial charge is 0.269 e. The Kier molecular flexibility index (Phi) is 5.61. The molecule has 0 aliphatic rings. The Morgan fingerprint density at radius 2 is 1.91 bits per heavy atom. The van der Waals surface area contributed by atoms with E-state index in [1.54, 1.807) is 30.3 Å². The number of hydrazine groups is 1. The SMILES string of the molecule is N#Cc1cccc(C(=O)NNC(=S)NCc2ccc(F)cc2)c1. The maximum absolute atomic E-state index is 12.8. The molecule has 0 atom stereocenters. The number of amides is 1. The first-order valence-corrected chi connectivity index (χ1v) is 7.08. The third-order valence-electron chi connectivity index (χ3n) is 2.91. The normalized spacial score (nSPS) is 9.57. The van der Waals surface area contributed by atoms with Crippen LogP contribution in [0.15, 0.2) is 48.5 Å². The first kappa shape index (κ1) is 16.4. The molecule has 0 bridgehead atoms. The van der Waals surface area contributed by atoms with Crippen molar-refractivity contribution in [2.24, 2.45) is 0 Å². The van der Waals surface area contributed by atoms with Crippen molar-refractivity contribution in [2.45, 2.75) is 6.54 Å². The highest BCUT2D eigenvalue weighted by molar-refractivity contribution is 7.80. The fourth-order valence-corrected chi connectivity index (χ4v) is 1.87. The van der Waals surface area contributed by atoms with Crippen molar-refractivity contribution in [2.75, 3.05) is 0 Å². The standard InChI is InChI=1S/C16H13FN4OS/c17-14-6-4-11(5-7-14)10-19-16(23)21-20-15(22)13-3-1-2-12(8-13)9-18/h1-8H,10H2,(H,20,22)(H2,19,21,23). The number of hydrogen-bond donors (Lipinski definition) is 3. The van der Waals surface area contributed by atoms with Crippen molar-refractivity contribution >= 4 is 23.2 Å². The molecule has 0 aliphatic heterocycles. The third kappa shape index (κ3) is 5.05. The summed E-state index contributed by atoms with van der Waals surface area (Å²) in [4.78, 5) is 11.9. The number of nitriles is 1.